The molecule has 1 aromatic carbocycles. The quantitative estimate of drug-likeness (QED) is 0.198. The van der Waals surface area contributed by atoms with Crippen molar-refractivity contribution in [2.75, 3.05) is 33.1 Å². The monoisotopic (exact) mass is 599 g/mol. The molecule has 1 fully saturated rings. The SMILES string of the molecule is CN(C)c1cc(I)c(O)c2c1CC1C(=C2O)C(=O)[C@]2(O)C(O)=C(C(N)=O)C(=O)[C@@H](N(C)C)C2C1O. The first-order chi connectivity index (χ1) is 16.2. The minimum atomic E-state index is -2.91. The topological polar surface area (TPSA) is 185 Å². The number of amides is 1. The van der Waals surface area contributed by atoms with Crippen LogP contribution in [0.4, 0.5) is 5.69 Å². The smallest absolute Gasteiger partial charge is 0.255 e. The first kappa shape index (κ1) is 25.4. The molecule has 35 heavy (non-hydrogen) atoms. The molecule has 0 spiro atoms. The number of fused-ring (bicyclic) bond motifs is 3. The number of hydrogen-bond acceptors (Lipinski definition) is 10. The van der Waals surface area contributed by atoms with E-state index in [0.717, 1.165) is 0 Å². The average molecular weight is 599 g/mol. The van der Waals surface area contributed by atoms with E-state index in [9.17, 15) is 39.9 Å². The van der Waals surface area contributed by atoms with Crippen LogP contribution in [0, 0.1) is 15.4 Å². The van der Waals surface area contributed by atoms with Crippen LogP contribution in [-0.2, 0) is 20.8 Å². The van der Waals surface area contributed by atoms with E-state index < -0.39 is 69.7 Å². The maximum atomic E-state index is 13.8. The van der Waals surface area contributed by atoms with Gasteiger partial charge in [0.1, 0.15) is 22.8 Å². The van der Waals surface area contributed by atoms with Crippen LogP contribution < -0.4 is 10.6 Å². The molecule has 1 saturated carbocycles. The van der Waals surface area contributed by atoms with E-state index >= 15 is 0 Å². The second-order valence-electron chi connectivity index (χ2n) is 9.52. The lowest BCUT2D eigenvalue weighted by Gasteiger charge is -2.52. The number of Topliss-reactive ketones (excluding diaryl/α,β-unsaturated/α-hetero) is 2. The van der Waals surface area contributed by atoms with E-state index in [0.29, 0.717) is 14.8 Å². The number of carbonyl (C=O) groups is 3. The molecule has 0 aromatic heterocycles. The first-order valence-electron chi connectivity index (χ1n) is 10.7. The normalized spacial score (nSPS) is 30.3. The molecule has 5 atom stereocenters. The van der Waals surface area contributed by atoms with Crippen LogP contribution in [0.15, 0.2) is 23.0 Å². The number of nitrogens with zero attached hydrogens (tertiary/aromatic N) is 2. The van der Waals surface area contributed by atoms with Crippen molar-refractivity contribution in [1.29, 1.82) is 0 Å². The summed E-state index contributed by atoms with van der Waals surface area (Å²) in [4.78, 5) is 42.0. The van der Waals surface area contributed by atoms with E-state index in [-0.39, 0.29) is 17.7 Å². The Morgan fingerprint density at radius 2 is 1.77 bits per heavy atom. The number of rotatable bonds is 3. The van der Waals surface area contributed by atoms with Crippen molar-refractivity contribution in [3.8, 4) is 5.75 Å². The molecule has 3 aliphatic carbocycles. The van der Waals surface area contributed by atoms with Crippen LogP contribution in [-0.4, -0.2) is 93.8 Å². The third-order valence-corrected chi connectivity index (χ3v) is 8.04. The Bertz CT molecular complexity index is 1250. The second kappa shape index (κ2) is 8.18. The van der Waals surface area contributed by atoms with Gasteiger partial charge in [-0.2, -0.15) is 0 Å². The Labute approximate surface area is 214 Å². The molecule has 1 aromatic rings. The molecule has 0 bridgehead atoms. The third-order valence-electron chi connectivity index (χ3n) is 7.22. The summed E-state index contributed by atoms with van der Waals surface area (Å²) in [6.45, 7) is 0. The average Bonchev–Trinajstić information content (AvgIpc) is 2.75. The van der Waals surface area contributed by atoms with E-state index in [2.05, 4.69) is 0 Å². The summed E-state index contributed by atoms with van der Waals surface area (Å²) in [6, 6.07) is 0.321. The molecule has 0 saturated heterocycles. The number of ketones is 2. The van der Waals surface area contributed by atoms with Crippen molar-refractivity contribution >= 4 is 51.5 Å². The van der Waals surface area contributed by atoms with Gasteiger partial charge in [-0.15, -0.1) is 0 Å². The minimum Gasteiger partial charge on any atom is -0.508 e. The lowest BCUT2D eigenvalue weighted by atomic mass is 9.56. The number of phenols is 1. The van der Waals surface area contributed by atoms with Gasteiger partial charge in [0.25, 0.3) is 5.91 Å². The number of benzene rings is 1. The molecular formula is C23H26IN3O8. The molecule has 7 N–H and O–H groups in total. The van der Waals surface area contributed by atoms with Gasteiger partial charge >= 0.3 is 0 Å². The fraction of sp³-hybridized carbons (Fsp3) is 0.435. The Morgan fingerprint density at radius 1 is 1.17 bits per heavy atom. The number of primary amides is 1. The molecule has 188 valence electrons. The molecule has 12 heteroatoms. The lowest BCUT2D eigenvalue weighted by Crippen LogP contribution is -2.70. The summed E-state index contributed by atoms with van der Waals surface area (Å²) >= 11 is 1.88. The number of hydrogen-bond donors (Lipinski definition) is 6. The van der Waals surface area contributed by atoms with Crippen LogP contribution in [0.1, 0.15) is 11.1 Å². The molecule has 0 aliphatic heterocycles. The van der Waals surface area contributed by atoms with E-state index in [1.165, 1.54) is 19.0 Å². The predicted octanol–water partition coefficient (Wildman–Crippen LogP) is -0.395. The number of likely N-dealkylation sites (N-methyl/N-ethyl adjacent to an activating group) is 1. The highest BCUT2D eigenvalue weighted by Crippen LogP contribution is 2.54. The summed E-state index contributed by atoms with van der Waals surface area (Å²) in [7, 11) is 6.45. The number of phenolic OH excluding ortho intramolecular Hbond substituents is 1. The largest absolute Gasteiger partial charge is 0.508 e. The number of aliphatic hydroxyl groups is 4. The summed E-state index contributed by atoms with van der Waals surface area (Å²) in [6.07, 6.45) is -1.61. The van der Waals surface area contributed by atoms with Crippen LogP contribution in [0.5, 0.6) is 5.75 Å². The minimum absolute atomic E-state index is 0.00625. The summed E-state index contributed by atoms with van der Waals surface area (Å²) in [5.74, 6) is -8.29. The number of aromatic hydroxyl groups is 1. The van der Waals surface area contributed by atoms with Gasteiger partial charge in [-0.05, 0) is 54.7 Å². The summed E-state index contributed by atoms with van der Waals surface area (Å²) in [5, 5.41) is 55.9. The van der Waals surface area contributed by atoms with Crippen molar-refractivity contribution in [3.05, 3.63) is 37.7 Å². The van der Waals surface area contributed by atoms with Gasteiger partial charge in [0.05, 0.1) is 27.2 Å². The van der Waals surface area contributed by atoms with E-state index in [1.54, 1.807) is 25.1 Å². The van der Waals surface area contributed by atoms with Crippen LogP contribution in [0.2, 0.25) is 0 Å². The van der Waals surface area contributed by atoms with Crippen molar-refractivity contribution < 1.29 is 39.9 Å². The fourth-order valence-corrected chi connectivity index (χ4v) is 6.24. The zero-order chi connectivity index (χ0) is 26.3. The number of halogens is 1. The van der Waals surface area contributed by atoms with Crippen molar-refractivity contribution in [3.63, 3.8) is 0 Å². The maximum absolute atomic E-state index is 13.8. The number of anilines is 1. The van der Waals surface area contributed by atoms with Gasteiger partial charge in [-0.3, -0.25) is 19.3 Å². The second-order valence-corrected chi connectivity index (χ2v) is 10.7. The van der Waals surface area contributed by atoms with Crippen LogP contribution in [0.25, 0.3) is 5.76 Å². The molecule has 3 aliphatic rings. The lowest BCUT2D eigenvalue weighted by molar-refractivity contribution is -0.168. The molecular weight excluding hydrogens is 573 g/mol. The Morgan fingerprint density at radius 3 is 2.29 bits per heavy atom. The number of aliphatic hydroxyl groups excluding tert-OH is 3. The predicted molar refractivity (Wildman–Crippen MR) is 133 cm³/mol. The highest BCUT2D eigenvalue weighted by atomic mass is 127. The van der Waals surface area contributed by atoms with Crippen molar-refractivity contribution in [1.82, 2.24) is 4.90 Å². The Balaban J connectivity index is 2.06. The van der Waals surface area contributed by atoms with Gasteiger partial charge in [0.15, 0.2) is 11.4 Å². The zero-order valence-electron chi connectivity index (χ0n) is 19.4. The molecule has 0 heterocycles. The molecule has 4 rings (SSSR count). The highest BCUT2D eigenvalue weighted by Gasteiger charge is 2.67. The number of nitrogens with two attached hydrogens (primary N) is 1. The molecule has 3 unspecified atom stereocenters. The molecule has 0 radical (unpaired) electrons. The Kier molecular flexibility index (Phi) is 5.94. The third kappa shape index (κ3) is 3.23. The summed E-state index contributed by atoms with van der Waals surface area (Å²) in [5.41, 5.74) is 2.12. The Hall–Kier alpha value is -2.68. The summed E-state index contributed by atoms with van der Waals surface area (Å²) < 4.78 is 0.394. The van der Waals surface area contributed by atoms with Gasteiger partial charge in [-0.1, -0.05) is 0 Å². The molecule has 1 amide bonds. The van der Waals surface area contributed by atoms with Crippen molar-refractivity contribution in [2.24, 2.45) is 17.6 Å². The van der Waals surface area contributed by atoms with Gasteiger partial charge < -0.3 is 36.2 Å². The van der Waals surface area contributed by atoms with E-state index in [4.69, 9.17) is 5.73 Å². The fourth-order valence-electron chi connectivity index (χ4n) is 5.67. The van der Waals surface area contributed by atoms with Gasteiger partial charge in [-0.25, -0.2) is 0 Å². The zero-order valence-corrected chi connectivity index (χ0v) is 21.6. The van der Waals surface area contributed by atoms with E-state index in [1.807, 2.05) is 22.6 Å². The highest BCUT2D eigenvalue weighted by molar-refractivity contribution is 14.1. The van der Waals surface area contributed by atoms with Crippen molar-refractivity contribution in [2.45, 2.75) is 24.2 Å². The number of carbonyl (C=O) groups excluding carboxylic acids is 3. The molecule has 11 nitrogen and oxygen atoms in total. The maximum Gasteiger partial charge on any atom is 0.255 e. The van der Waals surface area contributed by atoms with Gasteiger partial charge in [0.2, 0.25) is 5.78 Å². The van der Waals surface area contributed by atoms with Crippen LogP contribution in [0.3, 0.4) is 0 Å². The van der Waals surface area contributed by atoms with Gasteiger partial charge in [0, 0.05) is 31.3 Å². The standard InChI is InChI=1S/C23H26IN3O8/c1-26(2)10-6-9(24)17(29)11-7(10)5-8-12(18(11)30)20(32)23(35)14(16(8)28)15(27(3)4)19(31)13(21(23)33)22(25)34/h6,8,14-16,28-30,33,35H,5H2,1-4H3,(H2,25,34)/t8?,14?,15-,16?,23-/m0/s1. The van der Waals surface area contributed by atoms with Crippen LogP contribution >= 0.6 is 22.6 Å². The first-order valence-corrected chi connectivity index (χ1v) is 11.8.